The third kappa shape index (κ3) is 1.62. The first-order chi connectivity index (χ1) is 7.63. The first-order valence-electron chi connectivity index (χ1n) is 5.09. The predicted molar refractivity (Wildman–Crippen MR) is 61.3 cm³/mol. The quantitative estimate of drug-likeness (QED) is 0.788. The van der Waals surface area contributed by atoms with Gasteiger partial charge in [0.25, 0.3) is 0 Å². The van der Waals surface area contributed by atoms with Gasteiger partial charge in [-0.15, -0.1) is 0 Å². The molecule has 0 fully saturated rings. The van der Waals surface area contributed by atoms with E-state index in [4.69, 9.17) is 14.9 Å². The molecule has 0 radical (unpaired) electrons. The molecule has 0 spiro atoms. The van der Waals surface area contributed by atoms with Crippen molar-refractivity contribution in [2.24, 2.45) is 0 Å². The van der Waals surface area contributed by atoms with Crippen molar-refractivity contribution in [1.82, 2.24) is 0 Å². The zero-order valence-electron chi connectivity index (χ0n) is 9.24. The monoisotopic (exact) mass is 219 g/mol. The van der Waals surface area contributed by atoms with E-state index in [1.54, 1.807) is 13.0 Å². The highest BCUT2D eigenvalue weighted by Crippen LogP contribution is 2.29. The van der Waals surface area contributed by atoms with Crippen molar-refractivity contribution < 1.29 is 13.9 Å². The van der Waals surface area contributed by atoms with Gasteiger partial charge in [0.15, 0.2) is 0 Å². The number of hydrogen-bond donors (Lipinski definition) is 1. The van der Waals surface area contributed by atoms with Crippen LogP contribution in [-0.4, -0.2) is 12.6 Å². The number of furan rings is 1. The molecule has 1 heterocycles. The second-order valence-corrected chi connectivity index (χ2v) is 3.56. The summed E-state index contributed by atoms with van der Waals surface area (Å²) in [5.41, 5.74) is 7.86. The molecule has 0 unspecified atom stereocenters. The third-order valence-electron chi connectivity index (χ3n) is 2.34. The van der Waals surface area contributed by atoms with Crippen LogP contribution in [0.15, 0.2) is 22.6 Å². The molecule has 4 nitrogen and oxygen atoms in total. The van der Waals surface area contributed by atoms with Crippen LogP contribution in [-0.2, 0) is 4.74 Å². The van der Waals surface area contributed by atoms with Crippen molar-refractivity contribution in [3.63, 3.8) is 0 Å². The molecule has 0 aliphatic heterocycles. The average molecular weight is 219 g/mol. The number of ether oxygens (including phenoxy) is 1. The van der Waals surface area contributed by atoms with E-state index < -0.39 is 5.97 Å². The number of carbonyl (C=O) groups excluding carboxylic acids is 1. The van der Waals surface area contributed by atoms with Gasteiger partial charge in [-0.05, 0) is 26.0 Å². The molecule has 16 heavy (non-hydrogen) atoms. The fourth-order valence-corrected chi connectivity index (χ4v) is 1.58. The Morgan fingerprint density at radius 2 is 2.25 bits per heavy atom. The maximum Gasteiger partial charge on any atom is 0.376 e. The van der Waals surface area contributed by atoms with E-state index in [2.05, 4.69) is 0 Å². The first-order valence-corrected chi connectivity index (χ1v) is 5.09. The van der Waals surface area contributed by atoms with E-state index in [1.165, 1.54) is 0 Å². The van der Waals surface area contributed by atoms with Crippen LogP contribution in [0.1, 0.15) is 23.0 Å². The lowest BCUT2D eigenvalue weighted by atomic mass is 10.1. The molecule has 2 aromatic rings. The van der Waals surface area contributed by atoms with Gasteiger partial charge in [0, 0.05) is 5.39 Å². The highest BCUT2D eigenvalue weighted by molar-refractivity contribution is 6.03. The molecule has 0 saturated heterocycles. The molecule has 4 heteroatoms. The molecule has 2 rings (SSSR count). The topological polar surface area (TPSA) is 65.5 Å². The maximum absolute atomic E-state index is 11.5. The number of fused-ring (bicyclic) bond motifs is 1. The zero-order chi connectivity index (χ0) is 11.7. The Labute approximate surface area is 93.0 Å². The number of aryl methyl sites for hydroxylation is 1. The Hall–Kier alpha value is -1.97. The summed E-state index contributed by atoms with van der Waals surface area (Å²) < 4.78 is 10.2. The fraction of sp³-hybridized carbons (Fsp3) is 0.250. The van der Waals surface area contributed by atoms with E-state index in [0.29, 0.717) is 17.9 Å². The van der Waals surface area contributed by atoms with Crippen molar-refractivity contribution in [1.29, 1.82) is 0 Å². The predicted octanol–water partition coefficient (Wildman–Crippen LogP) is 2.50. The minimum absolute atomic E-state index is 0.0856. The molecule has 1 aromatic carbocycles. The van der Waals surface area contributed by atoms with Crippen LogP contribution < -0.4 is 5.73 Å². The second-order valence-electron chi connectivity index (χ2n) is 3.56. The van der Waals surface area contributed by atoms with E-state index in [1.807, 2.05) is 19.1 Å². The highest BCUT2D eigenvalue weighted by Gasteiger charge is 2.19. The summed E-state index contributed by atoms with van der Waals surface area (Å²) in [5, 5.41) is 0.753. The van der Waals surface area contributed by atoms with Crippen molar-refractivity contribution in [3.05, 3.63) is 29.5 Å². The van der Waals surface area contributed by atoms with E-state index in [0.717, 1.165) is 10.9 Å². The number of anilines is 1. The Morgan fingerprint density at radius 1 is 1.50 bits per heavy atom. The van der Waals surface area contributed by atoms with Gasteiger partial charge < -0.3 is 14.9 Å². The smallest absolute Gasteiger partial charge is 0.376 e. The summed E-state index contributed by atoms with van der Waals surface area (Å²) >= 11 is 0. The molecule has 2 N–H and O–H groups in total. The van der Waals surface area contributed by atoms with Gasteiger partial charge in [-0.3, -0.25) is 0 Å². The fourth-order valence-electron chi connectivity index (χ4n) is 1.58. The van der Waals surface area contributed by atoms with Gasteiger partial charge in [0.2, 0.25) is 5.76 Å². The zero-order valence-corrected chi connectivity index (χ0v) is 9.24. The van der Waals surface area contributed by atoms with Crippen LogP contribution in [0.25, 0.3) is 11.0 Å². The van der Waals surface area contributed by atoms with Gasteiger partial charge in [-0.1, -0.05) is 11.6 Å². The summed E-state index contributed by atoms with van der Waals surface area (Å²) in [6.07, 6.45) is 0. The molecule has 0 amide bonds. The van der Waals surface area contributed by atoms with Gasteiger partial charge >= 0.3 is 5.97 Å². The summed E-state index contributed by atoms with van der Waals surface area (Å²) in [7, 11) is 0. The van der Waals surface area contributed by atoms with Crippen LogP contribution in [0.4, 0.5) is 5.69 Å². The van der Waals surface area contributed by atoms with Crippen molar-refractivity contribution >= 4 is 22.6 Å². The molecule has 84 valence electrons. The average Bonchev–Trinajstić information content (AvgIpc) is 2.57. The number of esters is 1. The van der Waals surface area contributed by atoms with Crippen LogP contribution in [0.2, 0.25) is 0 Å². The minimum atomic E-state index is -0.520. The van der Waals surface area contributed by atoms with Crippen LogP contribution in [0.3, 0.4) is 0 Å². The minimum Gasteiger partial charge on any atom is -0.460 e. The SMILES string of the molecule is CCOC(=O)c1oc2ccc(C)cc2c1N. The number of nitrogen functional groups attached to an aromatic ring is 1. The first kappa shape index (κ1) is 10.5. The Bertz CT molecular complexity index is 542. The summed E-state index contributed by atoms with van der Waals surface area (Å²) in [6, 6.07) is 5.58. The van der Waals surface area contributed by atoms with Crippen LogP contribution in [0.5, 0.6) is 0 Å². The largest absolute Gasteiger partial charge is 0.460 e. The van der Waals surface area contributed by atoms with Crippen LogP contribution >= 0.6 is 0 Å². The van der Waals surface area contributed by atoms with E-state index in [9.17, 15) is 4.79 Å². The normalized spacial score (nSPS) is 10.6. The van der Waals surface area contributed by atoms with E-state index >= 15 is 0 Å². The lowest BCUT2D eigenvalue weighted by Crippen LogP contribution is -2.05. The molecule has 1 aromatic heterocycles. The molecule has 0 saturated carbocycles. The number of benzene rings is 1. The van der Waals surface area contributed by atoms with Crippen molar-refractivity contribution in [2.45, 2.75) is 13.8 Å². The van der Waals surface area contributed by atoms with Gasteiger partial charge in [-0.2, -0.15) is 0 Å². The number of hydrogen-bond acceptors (Lipinski definition) is 4. The summed E-state index contributed by atoms with van der Waals surface area (Å²) in [5.74, 6) is -0.434. The number of nitrogens with two attached hydrogens (primary N) is 1. The lowest BCUT2D eigenvalue weighted by molar-refractivity contribution is 0.0494. The Morgan fingerprint density at radius 3 is 2.94 bits per heavy atom. The van der Waals surface area contributed by atoms with Gasteiger partial charge in [0.1, 0.15) is 5.58 Å². The Balaban J connectivity index is 2.56. The van der Waals surface area contributed by atoms with Crippen molar-refractivity contribution in [3.8, 4) is 0 Å². The molecule has 0 aliphatic rings. The molecule has 0 aliphatic carbocycles. The summed E-state index contributed by atoms with van der Waals surface area (Å²) in [4.78, 5) is 11.5. The lowest BCUT2D eigenvalue weighted by Gasteiger charge is -1.97. The van der Waals surface area contributed by atoms with Crippen molar-refractivity contribution in [2.75, 3.05) is 12.3 Å². The molecular weight excluding hydrogens is 206 g/mol. The maximum atomic E-state index is 11.5. The molecular formula is C12H13NO3. The summed E-state index contributed by atoms with van der Waals surface area (Å²) in [6.45, 7) is 3.99. The van der Waals surface area contributed by atoms with Crippen LogP contribution in [0, 0.1) is 6.92 Å². The van der Waals surface area contributed by atoms with E-state index in [-0.39, 0.29) is 5.76 Å². The van der Waals surface area contributed by atoms with Gasteiger partial charge in [0.05, 0.1) is 12.3 Å². The molecule has 0 bridgehead atoms. The molecule has 0 atom stereocenters. The number of rotatable bonds is 2. The van der Waals surface area contributed by atoms with Gasteiger partial charge in [-0.25, -0.2) is 4.79 Å². The highest BCUT2D eigenvalue weighted by atomic mass is 16.5. The Kier molecular flexibility index (Phi) is 2.56. The second kappa shape index (κ2) is 3.89. The standard InChI is InChI=1S/C12H13NO3/c1-3-15-12(14)11-10(13)8-6-7(2)4-5-9(8)16-11/h4-6H,3,13H2,1-2H3. The number of carbonyl (C=O) groups is 1. The third-order valence-corrected chi connectivity index (χ3v) is 2.34.